The van der Waals surface area contributed by atoms with E-state index in [1.54, 1.807) is 22.0 Å². The van der Waals surface area contributed by atoms with Crippen molar-refractivity contribution < 1.29 is 0 Å². The summed E-state index contributed by atoms with van der Waals surface area (Å²) in [4.78, 5) is 6.93. The van der Waals surface area contributed by atoms with E-state index < -0.39 is 0 Å². The molecule has 1 aliphatic heterocycles. The third kappa shape index (κ3) is 3.24. The number of anilines is 2. The lowest BCUT2D eigenvalue weighted by Crippen LogP contribution is -2.43. The van der Waals surface area contributed by atoms with Crippen molar-refractivity contribution in [2.75, 3.05) is 43.4 Å². The van der Waals surface area contributed by atoms with Gasteiger partial charge in [-0.1, -0.05) is 11.3 Å². The van der Waals surface area contributed by atoms with Crippen molar-refractivity contribution >= 4 is 27.7 Å². The lowest BCUT2D eigenvalue weighted by Gasteiger charge is -2.26. The number of rotatable bonds is 4. The summed E-state index contributed by atoms with van der Waals surface area (Å²) in [6.07, 6.45) is 3.38. The molecule has 0 aliphatic carbocycles. The molecule has 0 atom stereocenters. The van der Waals surface area contributed by atoms with E-state index in [0.29, 0.717) is 5.56 Å². The van der Waals surface area contributed by atoms with Crippen LogP contribution in [0.15, 0.2) is 36.7 Å². The molecule has 0 bridgehead atoms. The molecule has 1 saturated heterocycles. The van der Waals surface area contributed by atoms with E-state index in [0.717, 1.165) is 64.5 Å². The third-order valence-corrected chi connectivity index (χ3v) is 6.11. The predicted molar refractivity (Wildman–Crippen MR) is 117 cm³/mol. The second kappa shape index (κ2) is 7.70. The standard InChI is InChI=1S/C20H19N9S/c1-22-16-9-17(18-3-2-14-8-13(10-21)11-25-29(14)18)24-12-15(16)19-26-27-20(30-19)28-6-4-23-5-7-28/h2-3,8-9,11-12,23H,4-7H2,1H3,(H,22,24). The molecule has 4 aromatic heterocycles. The highest BCUT2D eigenvalue weighted by Gasteiger charge is 2.18. The Morgan fingerprint density at radius 1 is 1.17 bits per heavy atom. The first-order valence-electron chi connectivity index (χ1n) is 9.62. The maximum atomic E-state index is 9.08. The number of fused-ring (bicyclic) bond motifs is 1. The van der Waals surface area contributed by atoms with Crippen LogP contribution in [0.5, 0.6) is 0 Å². The van der Waals surface area contributed by atoms with Crippen molar-refractivity contribution in [1.82, 2.24) is 30.1 Å². The second-order valence-electron chi connectivity index (χ2n) is 6.90. The first-order valence-corrected chi connectivity index (χ1v) is 10.4. The van der Waals surface area contributed by atoms with Crippen LogP contribution in [0.4, 0.5) is 10.8 Å². The van der Waals surface area contributed by atoms with Gasteiger partial charge in [0.25, 0.3) is 0 Å². The number of aromatic nitrogens is 5. The SMILES string of the molecule is CNc1cc(-c2ccc3cc(C#N)cnn23)ncc1-c1nnc(N2CCNCC2)s1. The predicted octanol–water partition coefficient (Wildman–Crippen LogP) is 2.24. The topological polar surface area (TPSA) is 107 Å². The number of nitriles is 1. The quantitative estimate of drug-likeness (QED) is 0.521. The minimum absolute atomic E-state index is 0.530. The monoisotopic (exact) mass is 417 g/mol. The normalized spacial score (nSPS) is 14.1. The van der Waals surface area contributed by atoms with Gasteiger partial charge in [0, 0.05) is 45.1 Å². The molecule has 0 aromatic carbocycles. The van der Waals surface area contributed by atoms with Crippen LogP contribution in [0.25, 0.3) is 27.5 Å². The number of nitrogens with zero attached hydrogens (tertiary/aromatic N) is 7. The van der Waals surface area contributed by atoms with Gasteiger partial charge in [0.1, 0.15) is 6.07 Å². The molecule has 150 valence electrons. The molecule has 0 saturated carbocycles. The molecule has 4 aromatic rings. The van der Waals surface area contributed by atoms with Gasteiger partial charge in [-0.3, -0.25) is 4.98 Å². The molecule has 0 spiro atoms. The summed E-state index contributed by atoms with van der Waals surface area (Å²) in [6.45, 7) is 3.79. The largest absolute Gasteiger partial charge is 0.387 e. The Morgan fingerprint density at radius 2 is 2.03 bits per heavy atom. The van der Waals surface area contributed by atoms with Crippen molar-refractivity contribution in [2.24, 2.45) is 0 Å². The molecule has 0 unspecified atom stereocenters. The molecule has 30 heavy (non-hydrogen) atoms. The average molecular weight is 418 g/mol. The van der Waals surface area contributed by atoms with Gasteiger partial charge in [-0.15, -0.1) is 10.2 Å². The Morgan fingerprint density at radius 3 is 2.83 bits per heavy atom. The summed E-state index contributed by atoms with van der Waals surface area (Å²) in [6, 6.07) is 9.80. The summed E-state index contributed by atoms with van der Waals surface area (Å²) < 4.78 is 1.79. The Hall–Kier alpha value is -3.55. The van der Waals surface area contributed by atoms with E-state index in [-0.39, 0.29) is 0 Å². The fourth-order valence-electron chi connectivity index (χ4n) is 3.54. The smallest absolute Gasteiger partial charge is 0.208 e. The van der Waals surface area contributed by atoms with Crippen LogP contribution in [0.1, 0.15) is 5.56 Å². The van der Waals surface area contributed by atoms with Crippen molar-refractivity contribution in [3.05, 3.63) is 42.2 Å². The maximum Gasteiger partial charge on any atom is 0.208 e. The van der Waals surface area contributed by atoms with Gasteiger partial charge in [-0.25, -0.2) is 4.52 Å². The molecule has 0 amide bonds. The van der Waals surface area contributed by atoms with Crippen molar-refractivity contribution in [2.45, 2.75) is 0 Å². The molecule has 5 rings (SSSR count). The first kappa shape index (κ1) is 18.5. The Kier molecular flexibility index (Phi) is 4.74. The van der Waals surface area contributed by atoms with E-state index in [4.69, 9.17) is 5.26 Å². The van der Waals surface area contributed by atoms with Crippen molar-refractivity contribution in [1.29, 1.82) is 5.26 Å². The summed E-state index contributed by atoms with van der Waals surface area (Å²) in [5.41, 5.74) is 4.87. The number of pyridine rings is 1. The summed E-state index contributed by atoms with van der Waals surface area (Å²) in [5, 5.41) is 30.6. The van der Waals surface area contributed by atoms with Gasteiger partial charge < -0.3 is 15.5 Å². The molecule has 9 nitrogen and oxygen atoms in total. The zero-order valence-electron chi connectivity index (χ0n) is 16.3. The third-order valence-electron chi connectivity index (χ3n) is 5.10. The van der Waals surface area contributed by atoms with E-state index in [1.807, 2.05) is 37.5 Å². The summed E-state index contributed by atoms with van der Waals surface area (Å²) in [5.74, 6) is 0. The van der Waals surface area contributed by atoms with Gasteiger partial charge >= 0.3 is 0 Å². The van der Waals surface area contributed by atoms with Gasteiger partial charge in [0.05, 0.1) is 34.2 Å². The van der Waals surface area contributed by atoms with Gasteiger partial charge in [-0.05, 0) is 24.3 Å². The molecule has 1 aliphatic rings. The van der Waals surface area contributed by atoms with E-state index in [2.05, 4.69) is 41.9 Å². The van der Waals surface area contributed by atoms with E-state index >= 15 is 0 Å². The van der Waals surface area contributed by atoms with Gasteiger partial charge in [0.2, 0.25) is 5.13 Å². The van der Waals surface area contributed by atoms with Crippen molar-refractivity contribution in [3.63, 3.8) is 0 Å². The first-order chi connectivity index (χ1) is 14.8. The van der Waals surface area contributed by atoms with Crippen LogP contribution in [0.2, 0.25) is 0 Å². The summed E-state index contributed by atoms with van der Waals surface area (Å²) in [7, 11) is 1.88. The van der Waals surface area contributed by atoms with Crippen LogP contribution in [-0.4, -0.2) is 58.0 Å². The van der Waals surface area contributed by atoms with Gasteiger partial charge in [-0.2, -0.15) is 10.4 Å². The zero-order valence-corrected chi connectivity index (χ0v) is 17.1. The molecular formula is C20H19N9S. The fourth-order valence-corrected chi connectivity index (χ4v) is 4.46. The Labute approximate surface area is 177 Å². The van der Waals surface area contributed by atoms with Crippen LogP contribution < -0.4 is 15.5 Å². The molecule has 5 heterocycles. The van der Waals surface area contributed by atoms with Crippen LogP contribution in [0.3, 0.4) is 0 Å². The molecule has 10 heteroatoms. The highest BCUT2D eigenvalue weighted by Crippen LogP contribution is 2.35. The minimum Gasteiger partial charge on any atom is -0.387 e. The van der Waals surface area contributed by atoms with E-state index in [1.165, 1.54) is 0 Å². The highest BCUT2D eigenvalue weighted by atomic mass is 32.1. The highest BCUT2D eigenvalue weighted by molar-refractivity contribution is 7.18. The minimum atomic E-state index is 0.530. The summed E-state index contributed by atoms with van der Waals surface area (Å²) >= 11 is 1.58. The second-order valence-corrected chi connectivity index (χ2v) is 7.86. The zero-order chi connectivity index (χ0) is 20.5. The van der Waals surface area contributed by atoms with Gasteiger partial charge in [0.15, 0.2) is 5.01 Å². The fraction of sp³-hybridized carbons (Fsp3) is 0.250. The molecule has 2 N–H and O–H groups in total. The maximum absolute atomic E-state index is 9.08. The van der Waals surface area contributed by atoms with Crippen LogP contribution >= 0.6 is 11.3 Å². The van der Waals surface area contributed by atoms with E-state index in [9.17, 15) is 0 Å². The van der Waals surface area contributed by atoms with Crippen LogP contribution in [-0.2, 0) is 0 Å². The number of hydrogen-bond acceptors (Lipinski definition) is 9. The average Bonchev–Trinajstić information content (AvgIpc) is 3.46. The number of hydrogen-bond donors (Lipinski definition) is 2. The number of nitrogens with one attached hydrogen (secondary N) is 2. The van der Waals surface area contributed by atoms with Crippen LogP contribution in [0, 0.1) is 11.3 Å². The lowest BCUT2D eigenvalue weighted by atomic mass is 10.2. The molecule has 1 fully saturated rings. The Bertz CT molecular complexity index is 1250. The lowest BCUT2D eigenvalue weighted by molar-refractivity contribution is 0.587. The Balaban J connectivity index is 1.50. The van der Waals surface area contributed by atoms with Crippen molar-refractivity contribution in [3.8, 4) is 28.0 Å². The molecular weight excluding hydrogens is 398 g/mol. The molecule has 0 radical (unpaired) electrons. The number of piperazine rings is 1.